The number of amides is 1. The topological polar surface area (TPSA) is 111 Å². The number of carboxylic acid groups (broad SMARTS) is 1. The van der Waals surface area contributed by atoms with Gasteiger partial charge in [0.05, 0.1) is 38.9 Å². The van der Waals surface area contributed by atoms with Crippen molar-refractivity contribution < 1.29 is 33.7 Å². The maximum Gasteiger partial charge on any atom is 0.309 e. The fraction of sp³-hybridized carbons (Fsp3) is 0.276. The molecule has 0 atom stereocenters. The Kier molecular flexibility index (Phi) is 8.55. The molecular weight excluding hydrogens is 474 g/mol. The van der Waals surface area contributed by atoms with Gasteiger partial charge in [0, 0.05) is 12.0 Å². The normalized spacial score (nSPS) is 10.9. The highest BCUT2D eigenvalue weighted by molar-refractivity contribution is 5.99. The summed E-state index contributed by atoms with van der Waals surface area (Å²) in [6.45, 7) is 3.06. The second-order valence-corrected chi connectivity index (χ2v) is 9.20. The van der Waals surface area contributed by atoms with Gasteiger partial charge in [0.1, 0.15) is 5.75 Å². The zero-order valence-corrected chi connectivity index (χ0v) is 21.6. The summed E-state index contributed by atoms with van der Waals surface area (Å²) in [7, 11) is 4.62. The van der Waals surface area contributed by atoms with E-state index < -0.39 is 11.4 Å². The number of benzene rings is 3. The first-order chi connectivity index (χ1) is 17.6. The van der Waals surface area contributed by atoms with Crippen molar-refractivity contribution in [2.24, 2.45) is 5.41 Å². The van der Waals surface area contributed by atoms with Crippen molar-refractivity contribution in [3.63, 3.8) is 0 Å². The minimum atomic E-state index is -1.14. The molecule has 0 spiro atoms. The van der Waals surface area contributed by atoms with Crippen molar-refractivity contribution in [2.45, 2.75) is 26.7 Å². The minimum Gasteiger partial charge on any atom is -0.495 e. The Labute approximate surface area is 216 Å². The van der Waals surface area contributed by atoms with Gasteiger partial charge >= 0.3 is 5.97 Å². The third kappa shape index (κ3) is 6.67. The van der Waals surface area contributed by atoms with Crippen LogP contribution in [0.25, 0.3) is 11.1 Å². The molecular formula is C29H31NO7. The summed E-state index contributed by atoms with van der Waals surface area (Å²) in [6.07, 6.45) is 0.0483. The number of hydrogen-bond donors (Lipinski definition) is 2. The maximum atomic E-state index is 12.7. The van der Waals surface area contributed by atoms with E-state index in [1.807, 2.05) is 6.07 Å². The molecule has 2 N–H and O–H groups in total. The number of ether oxygens (including phenoxy) is 3. The van der Waals surface area contributed by atoms with E-state index in [-0.39, 0.29) is 24.5 Å². The van der Waals surface area contributed by atoms with Gasteiger partial charge in [-0.2, -0.15) is 0 Å². The van der Waals surface area contributed by atoms with Crippen molar-refractivity contribution >= 4 is 23.3 Å². The quantitative estimate of drug-likeness (QED) is 0.343. The van der Waals surface area contributed by atoms with E-state index in [1.54, 1.807) is 68.8 Å². The van der Waals surface area contributed by atoms with Gasteiger partial charge < -0.3 is 24.6 Å². The molecule has 8 heteroatoms. The highest BCUT2D eigenvalue weighted by atomic mass is 16.5. The van der Waals surface area contributed by atoms with Crippen LogP contribution >= 0.6 is 0 Å². The smallest absolute Gasteiger partial charge is 0.309 e. The molecule has 37 heavy (non-hydrogen) atoms. The summed E-state index contributed by atoms with van der Waals surface area (Å²) in [5, 5.41) is 12.2. The van der Waals surface area contributed by atoms with Crippen molar-refractivity contribution in [1.82, 2.24) is 0 Å². The summed E-state index contributed by atoms with van der Waals surface area (Å²) in [5.41, 5.74) is 2.29. The molecule has 3 aromatic carbocycles. The molecule has 0 saturated carbocycles. The van der Waals surface area contributed by atoms with Gasteiger partial charge in [0.15, 0.2) is 17.3 Å². The molecule has 194 valence electrons. The van der Waals surface area contributed by atoms with E-state index >= 15 is 0 Å². The van der Waals surface area contributed by atoms with E-state index in [9.17, 15) is 19.5 Å². The minimum absolute atomic E-state index is 0.0901. The molecule has 0 aromatic heterocycles. The number of carbonyl (C=O) groups excluding carboxylic acids is 2. The average Bonchev–Trinajstić information content (AvgIpc) is 2.88. The number of carbonyl (C=O) groups is 3. The second kappa shape index (κ2) is 11.6. The van der Waals surface area contributed by atoms with Gasteiger partial charge in [-0.05, 0) is 54.8 Å². The van der Waals surface area contributed by atoms with Crippen molar-refractivity contribution in [3.05, 3.63) is 71.8 Å². The van der Waals surface area contributed by atoms with Crippen LogP contribution in [0.4, 0.5) is 5.69 Å². The van der Waals surface area contributed by atoms with E-state index in [0.29, 0.717) is 28.5 Å². The Morgan fingerprint density at radius 2 is 1.41 bits per heavy atom. The number of carboxylic acids is 1. The van der Waals surface area contributed by atoms with E-state index in [0.717, 1.165) is 16.7 Å². The first-order valence-corrected chi connectivity index (χ1v) is 11.6. The molecule has 3 rings (SSSR count). The van der Waals surface area contributed by atoms with E-state index in [1.165, 1.54) is 21.0 Å². The van der Waals surface area contributed by atoms with Gasteiger partial charge in [-0.1, -0.05) is 36.4 Å². The standard InChI is InChI=1S/C29H31NO7/c1-29(2,28(33)34)17-23(31)20-9-7-19(8-10-20)21-11-12-22(25(16-21)36-4)30-27(32)15-18-6-13-24(35-3)26(14-18)37-5/h6-14,16H,15,17H2,1-5H3,(H,30,32)(H,33,34). The predicted molar refractivity (Wildman–Crippen MR) is 141 cm³/mol. The Bertz CT molecular complexity index is 1300. The van der Waals surface area contributed by atoms with Crippen LogP contribution in [0.1, 0.15) is 36.2 Å². The van der Waals surface area contributed by atoms with Crippen LogP contribution in [-0.2, 0) is 16.0 Å². The number of ketones is 1. The number of Topliss-reactive ketones (excluding diaryl/α,β-unsaturated/α-hetero) is 1. The first-order valence-electron chi connectivity index (χ1n) is 11.6. The lowest BCUT2D eigenvalue weighted by Gasteiger charge is -2.17. The molecule has 0 heterocycles. The van der Waals surface area contributed by atoms with Gasteiger partial charge in [-0.15, -0.1) is 0 Å². The molecule has 1 amide bonds. The summed E-state index contributed by atoms with van der Waals surface area (Å²) in [6, 6.07) is 17.7. The average molecular weight is 506 g/mol. The van der Waals surface area contributed by atoms with E-state index in [4.69, 9.17) is 14.2 Å². The Morgan fingerprint density at radius 1 is 0.784 bits per heavy atom. The van der Waals surface area contributed by atoms with Gasteiger partial charge in [-0.25, -0.2) is 0 Å². The largest absolute Gasteiger partial charge is 0.495 e. The number of hydrogen-bond acceptors (Lipinski definition) is 6. The van der Waals surface area contributed by atoms with Crippen LogP contribution in [0, 0.1) is 5.41 Å². The van der Waals surface area contributed by atoms with Crippen molar-refractivity contribution in [1.29, 1.82) is 0 Å². The third-order valence-corrected chi connectivity index (χ3v) is 6.01. The zero-order valence-electron chi connectivity index (χ0n) is 21.6. The maximum absolute atomic E-state index is 12.7. The monoisotopic (exact) mass is 505 g/mol. The number of anilines is 1. The highest BCUT2D eigenvalue weighted by Crippen LogP contribution is 2.32. The van der Waals surface area contributed by atoms with Crippen LogP contribution in [0.5, 0.6) is 17.2 Å². The van der Waals surface area contributed by atoms with Crippen LogP contribution in [0.3, 0.4) is 0 Å². The molecule has 0 saturated heterocycles. The van der Waals surface area contributed by atoms with Gasteiger partial charge in [0.25, 0.3) is 0 Å². The van der Waals surface area contributed by atoms with Crippen molar-refractivity contribution in [3.8, 4) is 28.4 Å². The number of methoxy groups -OCH3 is 3. The number of nitrogens with one attached hydrogen (secondary N) is 1. The molecule has 0 radical (unpaired) electrons. The fourth-order valence-corrected chi connectivity index (χ4v) is 3.77. The Hall–Kier alpha value is -4.33. The number of rotatable bonds is 11. The Morgan fingerprint density at radius 3 is 2.00 bits per heavy atom. The molecule has 0 unspecified atom stereocenters. The lowest BCUT2D eigenvalue weighted by atomic mass is 9.85. The predicted octanol–water partition coefficient (Wildman–Crippen LogP) is 5.24. The molecule has 0 aliphatic carbocycles. The highest BCUT2D eigenvalue weighted by Gasteiger charge is 2.30. The van der Waals surface area contributed by atoms with Crippen LogP contribution < -0.4 is 19.5 Å². The van der Waals surface area contributed by atoms with Crippen LogP contribution in [-0.4, -0.2) is 44.1 Å². The lowest BCUT2D eigenvalue weighted by Crippen LogP contribution is -2.26. The van der Waals surface area contributed by atoms with Crippen LogP contribution in [0.2, 0.25) is 0 Å². The molecule has 0 aliphatic rings. The zero-order chi connectivity index (χ0) is 27.2. The third-order valence-electron chi connectivity index (χ3n) is 6.01. The summed E-state index contributed by atoms with van der Waals surface area (Å²) < 4.78 is 16.0. The van der Waals surface area contributed by atoms with Crippen LogP contribution in [0.15, 0.2) is 60.7 Å². The summed E-state index contributed by atoms with van der Waals surface area (Å²) in [5.74, 6) is 0.162. The van der Waals surface area contributed by atoms with E-state index in [2.05, 4.69) is 5.32 Å². The first kappa shape index (κ1) is 27.3. The molecule has 0 fully saturated rings. The summed E-state index contributed by atoms with van der Waals surface area (Å²) in [4.78, 5) is 36.5. The van der Waals surface area contributed by atoms with Gasteiger partial charge in [-0.3, -0.25) is 14.4 Å². The lowest BCUT2D eigenvalue weighted by molar-refractivity contribution is -0.146. The molecule has 0 bridgehead atoms. The molecule has 0 aliphatic heterocycles. The Balaban J connectivity index is 1.72. The second-order valence-electron chi connectivity index (χ2n) is 9.20. The van der Waals surface area contributed by atoms with Gasteiger partial charge in [0.2, 0.25) is 5.91 Å². The summed E-state index contributed by atoms with van der Waals surface area (Å²) >= 11 is 0. The fourth-order valence-electron chi connectivity index (χ4n) is 3.77. The SMILES string of the molecule is COc1cc(-c2ccc(C(=O)CC(C)(C)C(=O)O)cc2)ccc1NC(=O)Cc1ccc(OC)c(OC)c1. The van der Waals surface area contributed by atoms with Crippen molar-refractivity contribution in [2.75, 3.05) is 26.6 Å². The number of aliphatic carboxylic acids is 1. The molecule has 3 aromatic rings. The molecule has 8 nitrogen and oxygen atoms in total.